The van der Waals surface area contributed by atoms with Crippen molar-refractivity contribution >= 4 is 62.7 Å². The van der Waals surface area contributed by atoms with Gasteiger partial charge >= 0.3 is 0 Å². The second-order valence-corrected chi connectivity index (χ2v) is 9.77. The van der Waals surface area contributed by atoms with Crippen LogP contribution < -0.4 is 10.6 Å². The molecule has 0 bridgehead atoms. The molecule has 0 amide bonds. The van der Waals surface area contributed by atoms with Crippen LogP contribution in [0.5, 0.6) is 0 Å². The number of hydrogen-bond donors (Lipinski definition) is 3. The number of aliphatic imine (C=N–C) groups is 1. The third-order valence-electron chi connectivity index (χ3n) is 4.41. The second-order valence-electron chi connectivity index (χ2n) is 7.71. The highest BCUT2D eigenvalue weighted by Gasteiger charge is 2.17. The van der Waals surface area contributed by atoms with Crippen molar-refractivity contribution in [2.24, 2.45) is 4.99 Å². The van der Waals surface area contributed by atoms with Crippen molar-refractivity contribution in [3.8, 4) is 0 Å². The zero-order chi connectivity index (χ0) is 20.1. The van der Waals surface area contributed by atoms with Crippen LogP contribution >= 0.6 is 46.7 Å². The number of nitrogens with zero attached hydrogens (tertiary/aromatic N) is 2. The van der Waals surface area contributed by atoms with Gasteiger partial charge in [-0.1, -0.05) is 39.0 Å². The summed E-state index contributed by atoms with van der Waals surface area (Å²) in [5.74, 6) is 0.688. The number of hydrogen-bond acceptors (Lipinski definition) is 5. The Labute approximate surface area is 197 Å². The number of guanidine groups is 1. The summed E-state index contributed by atoms with van der Waals surface area (Å²) in [6.45, 7) is 7.70. The lowest BCUT2D eigenvalue weighted by molar-refractivity contribution is 0.184. The minimum atomic E-state index is -0.566. The Kier molecular flexibility index (Phi) is 8.87. The summed E-state index contributed by atoms with van der Waals surface area (Å²) in [5, 5.41) is 21.4. The molecule has 2 heterocycles. The normalized spacial score (nSPS) is 13.2. The van der Waals surface area contributed by atoms with E-state index in [1.54, 1.807) is 29.7 Å². The van der Waals surface area contributed by atoms with Crippen LogP contribution in [0.3, 0.4) is 0 Å². The molecule has 0 fully saturated rings. The van der Waals surface area contributed by atoms with E-state index in [-0.39, 0.29) is 29.4 Å². The molecule has 5 nitrogen and oxygen atoms in total. The molecule has 0 aliphatic carbocycles. The number of aromatic nitrogens is 1. The molecule has 3 aromatic rings. The lowest BCUT2D eigenvalue weighted by Crippen LogP contribution is -2.40. The molecule has 1 atom stereocenters. The first-order chi connectivity index (χ1) is 13.4. The predicted octanol–water partition coefficient (Wildman–Crippen LogP) is 4.71. The summed E-state index contributed by atoms with van der Waals surface area (Å²) >= 11 is 3.33. The van der Waals surface area contributed by atoms with E-state index >= 15 is 0 Å². The van der Waals surface area contributed by atoms with Crippen molar-refractivity contribution in [1.29, 1.82) is 0 Å². The minimum absolute atomic E-state index is 0. The third-order valence-corrected chi connectivity index (χ3v) is 6.54. The van der Waals surface area contributed by atoms with Gasteiger partial charge in [-0.15, -0.1) is 46.7 Å². The fourth-order valence-electron chi connectivity index (χ4n) is 2.74. The van der Waals surface area contributed by atoms with Crippen LogP contribution in [-0.4, -0.2) is 36.2 Å². The topological polar surface area (TPSA) is 69.5 Å². The summed E-state index contributed by atoms with van der Waals surface area (Å²) < 4.78 is 1.19. The second kappa shape index (κ2) is 10.7. The van der Waals surface area contributed by atoms with E-state index in [1.807, 2.05) is 12.1 Å². The maximum Gasteiger partial charge on any atom is 0.191 e. The third kappa shape index (κ3) is 6.63. The van der Waals surface area contributed by atoms with Crippen molar-refractivity contribution in [2.45, 2.75) is 38.7 Å². The van der Waals surface area contributed by atoms with Crippen molar-refractivity contribution in [2.75, 3.05) is 20.1 Å². The summed E-state index contributed by atoms with van der Waals surface area (Å²) in [5.41, 5.74) is 1.23. The standard InChI is InChI=1S/C21H28N4OS2.HI/c1-21(2,3)18-13-27-19(25-18)9-10-23-20(22-4)24-12-15(26)17-11-14-7-5-6-8-16(14)28-17;/h5-8,11,13,15,26H,9-10,12H2,1-4H3,(H2,22,23,24);1H. The highest BCUT2D eigenvalue weighted by molar-refractivity contribution is 14.0. The Morgan fingerprint density at radius 1 is 1.24 bits per heavy atom. The minimum Gasteiger partial charge on any atom is -0.386 e. The van der Waals surface area contributed by atoms with Crippen molar-refractivity contribution < 1.29 is 5.11 Å². The van der Waals surface area contributed by atoms with Gasteiger partial charge in [-0.05, 0) is 17.5 Å². The molecule has 0 aliphatic heterocycles. The molecule has 3 N–H and O–H groups in total. The number of halogens is 1. The molecule has 0 aliphatic rings. The molecule has 158 valence electrons. The highest BCUT2D eigenvalue weighted by atomic mass is 127. The zero-order valence-electron chi connectivity index (χ0n) is 17.2. The Morgan fingerprint density at radius 3 is 2.66 bits per heavy atom. The number of thiophene rings is 1. The molecular weight excluding hydrogens is 515 g/mol. The smallest absolute Gasteiger partial charge is 0.191 e. The number of rotatable bonds is 6. The number of fused-ring (bicyclic) bond motifs is 1. The van der Waals surface area contributed by atoms with Gasteiger partial charge in [0.25, 0.3) is 0 Å². The molecule has 8 heteroatoms. The van der Waals surface area contributed by atoms with Crippen LogP contribution in [0.25, 0.3) is 10.1 Å². The number of thiazole rings is 1. The number of benzene rings is 1. The van der Waals surface area contributed by atoms with E-state index in [0.29, 0.717) is 12.5 Å². The lowest BCUT2D eigenvalue weighted by atomic mass is 9.93. The fourth-order valence-corrected chi connectivity index (χ4v) is 4.81. The van der Waals surface area contributed by atoms with E-state index in [2.05, 4.69) is 60.0 Å². The van der Waals surface area contributed by atoms with Crippen LogP contribution in [0.1, 0.15) is 42.5 Å². The van der Waals surface area contributed by atoms with Gasteiger partial charge < -0.3 is 15.7 Å². The van der Waals surface area contributed by atoms with Gasteiger partial charge in [0.1, 0.15) is 6.10 Å². The van der Waals surface area contributed by atoms with Crippen molar-refractivity contribution in [1.82, 2.24) is 15.6 Å². The average Bonchev–Trinajstić information content (AvgIpc) is 3.30. The lowest BCUT2D eigenvalue weighted by Gasteiger charge is -2.15. The first-order valence-corrected chi connectivity index (χ1v) is 11.1. The summed E-state index contributed by atoms with van der Waals surface area (Å²) in [7, 11) is 1.74. The maximum atomic E-state index is 10.5. The van der Waals surface area contributed by atoms with Crippen LogP contribution in [-0.2, 0) is 11.8 Å². The number of nitrogens with one attached hydrogen (secondary N) is 2. The first kappa shape index (κ1) is 24.0. The summed E-state index contributed by atoms with van der Waals surface area (Å²) in [6, 6.07) is 10.2. The zero-order valence-corrected chi connectivity index (χ0v) is 21.2. The Morgan fingerprint density at radius 2 is 2.00 bits per heavy atom. The molecule has 0 spiro atoms. The van der Waals surface area contributed by atoms with E-state index in [4.69, 9.17) is 4.98 Å². The van der Waals surface area contributed by atoms with E-state index in [0.717, 1.165) is 28.5 Å². The maximum absolute atomic E-state index is 10.5. The molecular formula is C21H29IN4OS2. The molecule has 3 rings (SSSR count). The van der Waals surface area contributed by atoms with Gasteiger partial charge in [-0.25, -0.2) is 4.98 Å². The summed E-state index contributed by atoms with van der Waals surface area (Å²) in [6.07, 6.45) is 0.282. The number of aliphatic hydroxyl groups is 1. The van der Waals surface area contributed by atoms with Gasteiger partial charge in [-0.3, -0.25) is 4.99 Å². The Bertz CT molecular complexity index is 912. The Hall–Kier alpha value is -1.23. The van der Waals surface area contributed by atoms with Crippen LogP contribution in [0.2, 0.25) is 0 Å². The molecule has 0 saturated carbocycles. The largest absolute Gasteiger partial charge is 0.386 e. The SMILES string of the molecule is CN=C(NCCc1nc(C(C)(C)C)cs1)NCC(O)c1cc2ccccc2s1.I. The van der Waals surface area contributed by atoms with E-state index in [1.165, 1.54) is 10.1 Å². The summed E-state index contributed by atoms with van der Waals surface area (Å²) in [4.78, 5) is 9.92. The molecule has 0 radical (unpaired) electrons. The van der Waals surface area contributed by atoms with Crippen LogP contribution in [0.15, 0.2) is 40.7 Å². The quantitative estimate of drug-likeness (QED) is 0.239. The molecule has 1 unspecified atom stereocenters. The van der Waals surface area contributed by atoms with Gasteiger partial charge in [0.05, 0.1) is 10.7 Å². The molecule has 0 saturated heterocycles. The van der Waals surface area contributed by atoms with E-state index in [9.17, 15) is 5.11 Å². The molecule has 29 heavy (non-hydrogen) atoms. The van der Waals surface area contributed by atoms with Gasteiger partial charge in [0.2, 0.25) is 0 Å². The predicted molar refractivity (Wildman–Crippen MR) is 136 cm³/mol. The first-order valence-electron chi connectivity index (χ1n) is 9.43. The molecule has 1 aromatic carbocycles. The van der Waals surface area contributed by atoms with E-state index < -0.39 is 6.10 Å². The van der Waals surface area contributed by atoms with Crippen LogP contribution in [0, 0.1) is 0 Å². The van der Waals surface area contributed by atoms with Crippen molar-refractivity contribution in [3.63, 3.8) is 0 Å². The monoisotopic (exact) mass is 544 g/mol. The number of aliphatic hydroxyl groups excluding tert-OH is 1. The highest BCUT2D eigenvalue weighted by Crippen LogP contribution is 2.29. The fraction of sp³-hybridized carbons (Fsp3) is 0.429. The average molecular weight is 545 g/mol. The Balaban J connectivity index is 0.00000300. The van der Waals surface area contributed by atoms with Gasteiger partial charge in [0, 0.05) is 46.9 Å². The van der Waals surface area contributed by atoms with Gasteiger partial charge in [-0.2, -0.15) is 0 Å². The van der Waals surface area contributed by atoms with Crippen LogP contribution in [0.4, 0.5) is 0 Å². The van der Waals surface area contributed by atoms with Crippen molar-refractivity contribution in [3.05, 3.63) is 51.3 Å². The van der Waals surface area contributed by atoms with Gasteiger partial charge in [0.15, 0.2) is 5.96 Å². The molecule has 2 aromatic heterocycles.